The van der Waals surface area contributed by atoms with E-state index in [4.69, 9.17) is 0 Å². The molecule has 6 nitrogen and oxygen atoms in total. The Labute approximate surface area is 127 Å². The summed E-state index contributed by atoms with van der Waals surface area (Å²) in [6.07, 6.45) is 0. The predicted molar refractivity (Wildman–Crippen MR) is 84.0 cm³/mol. The molecule has 2 N–H and O–H groups in total. The smallest absolute Gasteiger partial charge is 0.256 e. The van der Waals surface area contributed by atoms with Gasteiger partial charge in [-0.3, -0.25) is 9.48 Å². The normalized spacial score (nSPS) is 10.9. The van der Waals surface area contributed by atoms with E-state index in [0.717, 1.165) is 16.8 Å². The highest BCUT2D eigenvalue weighted by atomic mass is 16.3. The highest BCUT2D eigenvalue weighted by molar-refractivity contribution is 6.13. The lowest BCUT2D eigenvalue weighted by Crippen LogP contribution is -2.13. The number of phenolic OH excluding ortho intramolecular Hbond substituents is 1. The van der Waals surface area contributed by atoms with Crippen LogP contribution in [0.5, 0.6) is 5.75 Å². The maximum Gasteiger partial charge on any atom is 0.256 e. The number of anilines is 1. The van der Waals surface area contributed by atoms with E-state index in [1.165, 1.54) is 6.07 Å². The Bertz CT molecular complexity index is 883. The van der Waals surface area contributed by atoms with Crippen molar-refractivity contribution in [3.63, 3.8) is 0 Å². The monoisotopic (exact) mass is 296 g/mol. The Morgan fingerprint density at radius 3 is 2.73 bits per heavy atom. The molecule has 2 aromatic heterocycles. The molecule has 6 heteroatoms. The van der Waals surface area contributed by atoms with Gasteiger partial charge in [0.25, 0.3) is 5.91 Å². The Kier molecular flexibility index (Phi) is 3.29. The molecule has 112 valence electrons. The van der Waals surface area contributed by atoms with Crippen LogP contribution in [0, 0.1) is 13.8 Å². The van der Waals surface area contributed by atoms with Gasteiger partial charge in [0.15, 0.2) is 5.65 Å². The standard InChI is InChI=1S/C16H16N4O2/c1-9-8-11(14-10(2)19-20(3)15(14)17-9)16(22)18-12-6-4-5-7-13(12)21/h4-8,21H,1-3H3,(H,18,22). The number of aryl methyl sites for hydroxylation is 3. The first-order valence-electron chi connectivity index (χ1n) is 6.87. The fourth-order valence-corrected chi connectivity index (χ4v) is 2.52. The summed E-state index contributed by atoms with van der Waals surface area (Å²) in [6, 6.07) is 8.35. The maximum absolute atomic E-state index is 12.6. The van der Waals surface area contributed by atoms with Gasteiger partial charge >= 0.3 is 0 Å². The van der Waals surface area contributed by atoms with Gasteiger partial charge in [0, 0.05) is 12.7 Å². The van der Waals surface area contributed by atoms with E-state index in [9.17, 15) is 9.90 Å². The number of nitrogens with one attached hydrogen (secondary N) is 1. The Morgan fingerprint density at radius 1 is 1.27 bits per heavy atom. The van der Waals surface area contributed by atoms with Crippen LogP contribution in [0.15, 0.2) is 30.3 Å². The van der Waals surface area contributed by atoms with Gasteiger partial charge in [0.05, 0.1) is 22.3 Å². The van der Waals surface area contributed by atoms with Crippen LogP contribution in [0.2, 0.25) is 0 Å². The van der Waals surface area contributed by atoms with Crippen molar-refractivity contribution in [1.82, 2.24) is 14.8 Å². The van der Waals surface area contributed by atoms with E-state index in [-0.39, 0.29) is 11.7 Å². The Hall–Kier alpha value is -2.89. The maximum atomic E-state index is 12.6. The third-order valence-electron chi connectivity index (χ3n) is 3.49. The average Bonchev–Trinajstić information content (AvgIpc) is 2.75. The molecule has 0 aliphatic carbocycles. The van der Waals surface area contributed by atoms with E-state index >= 15 is 0 Å². The number of hydrogen-bond acceptors (Lipinski definition) is 4. The molecule has 1 amide bonds. The molecule has 0 bridgehead atoms. The predicted octanol–water partition coefficient (Wildman–Crippen LogP) is 2.54. The molecule has 0 radical (unpaired) electrons. The summed E-state index contributed by atoms with van der Waals surface area (Å²) in [5.74, 6) is -0.270. The van der Waals surface area contributed by atoms with Gasteiger partial charge in [0.2, 0.25) is 0 Å². The molecule has 0 aliphatic rings. The number of nitrogens with zero attached hydrogens (tertiary/aromatic N) is 3. The van der Waals surface area contributed by atoms with E-state index in [2.05, 4.69) is 15.4 Å². The van der Waals surface area contributed by atoms with E-state index < -0.39 is 0 Å². The minimum atomic E-state index is -0.298. The third kappa shape index (κ3) is 2.28. The summed E-state index contributed by atoms with van der Waals surface area (Å²) < 4.78 is 1.66. The summed E-state index contributed by atoms with van der Waals surface area (Å²) in [5, 5.41) is 17.6. The van der Waals surface area contributed by atoms with Gasteiger partial charge in [-0.25, -0.2) is 4.98 Å². The fraction of sp³-hybridized carbons (Fsp3) is 0.188. The molecule has 0 atom stereocenters. The van der Waals surface area contributed by atoms with E-state index in [0.29, 0.717) is 16.9 Å². The third-order valence-corrected chi connectivity index (χ3v) is 3.49. The number of hydrogen-bond donors (Lipinski definition) is 2. The van der Waals surface area contributed by atoms with Crippen molar-refractivity contribution in [3.8, 4) is 5.75 Å². The molecule has 0 aliphatic heterocycles. The lowest BCUT2D eigenvalue weighted by molar-refractivity contribution is 0.102. The van der Waals surface area contributed by atoms with Crippen molar-refractivity contribution in [2.75, 3.05) is 5.32 Å². The summed E-state index contributed by atoms with van der Waals surface area (Å²) in [7, 11) is 1.80. The summed E-state index contributed by atoms with van der Waals surface area (Å²) >= 11 is 0. The van der Waals surface area contributed by atoms with Crippen LogP contribution in [0.3, 0.4) is 0 Å². The molecule has 2 heterocycles. The second kappa shape index (κ2) is 5.14. The van der Waals surface area contributed by atoms with Crippen LogP contribution < -0.4 is 5.32 Å². The first-order chi connectivity index (χ1) is 10.5. The van der Waals surface area contributed by atoms with Crippen molar-refractivity contribution in [2.45, 2.75) is 13.8 Å². The summed E-state index contributed by atoms with van der Waals surface area (Å²) in [4.78, 5) is 17.0. The number of amides is 1. The molecule has 22 heavy (non-hydrogen) atoms. The van der Waals surface area contributed by atoms with Crippen molar-refractivity contribution >= 4 is 22.6 Å². The molecular formula is C16H16N4O2. The molecule has 1 aromatic carbocycles. The molecule has 3 aromatic rings. The SMILES string of the molecule is Cc1cc(C(=O)Nc2ccccc2O)c2c(C)nn(C)c2n1. The zero-order valence-corrected chi connectivity index (χ0v) is 12.6. The Morgan fingerprint density at radius 2 is 2.00 bits per heavy atom. The van der Waals surface area contributed by atoms with Crippen LogP contribution in [0.4, 0.5) is 5.69 Å². The second-order valence-corrected chi connectivity index (χ2v) is 5.19. The van der Waals surface area contributed by atoms with Gasteiger partial charge < -0.3 is 10.4 Å². The number of phenols is 1. The number of para-hydroxylation sites is 2. The zero-order chi connectivity index (χ0) is 15.9. The average molecular weight is 296 g/mol. The van der Waals surface area contributed by atoms with Crippen LogP contribution in [-0.2, 0) is 7.05 Å². The van der Waals surface area contributed by atoms with E-state index in [1.54, 1.807) is 36.0 Å². The highest BCUT2D eigenvalue weighted by Gasteiger charge is 2.18. The lowest BCUT2D eigenvalue weighted by atomic mass is 10.1. The van der Waals surface area contributed by atoms with Crippen LogP contribution >= 0.6 is 0 Å². The number of aromatic nitrogens is 3. The second-order valence-electron chi connectivity index (χ2n) is 5.19. The van der Waals surface area contributed by atoms with Gasteiger partial charge in [-0.2, -0.15) is 5.10 Å². The molecule has 0 spiro atoms. The quantitative estimate of drug-likeness (QED) is 0.712. The van der Waals surface area contributed by atoms with Crippen molar-refractivity contribution in [3.05, 3.63) is 47.3 Å². The fourth-order valence-electron chi connectivity index (χ4n) is 2.52. The van der Waals surface area contributed by atoms with Crippen LogP contribution in [-0.4, -0.2) is 25.8 Å². The summed E-state index contributed by atoms with van der Waals surface area (Å²) in [6.45, 7) is 3.68. The number of pyridine rings is 1. The first-order valence-corrected chi connectivity index (χ1v) is 6.87. The highest BCUT2D eigenvalue weighted by Crippen LogP contribution is 2.25. The molecular weight excluding hydrogens is 280 g/mol. The topological polar surface area (TPSA) is 80.0 Å². The number of benzene rings is 1. The largest absolute Gasteiger partial charge is 0.506 e. The Balaban J connectivity index is 2.10. The molecule has 3 rings (SSSR count). The van der Waals surface area contributed by atoms with Crippen molar-refractivity contribution < 1.29 is 9.90 Å². The van der Waals surface area contributed by atoms with Gasteiger partial charge in [-0.05, 0) is 32.0 Å². The number of aromatic hydroxyl groups is 1. The van der Waals surface area contributed by atoms with Crippen LogP contribution in [0.25, 0.3) is 11.0 Å². The first kappa shape index (κ1) is 14.1. The van der Waals surface area contributed by atoms with Gasteiger partial charge in [-0.1, -0.05) is 12.1 Å². The lowest BCUT2D eigenvalue weighted by Gasteiger charge is -2.09. The van der Waals surface area contributed by atoms with Crippen molar-refractivity contribution in [2.24, 2.45) is 7.05 Å². The van der Waals surface area contributed by atoms with Crippen LogP contribution in [0.1, 0.15) is 21.7 Å². The molecule has 0 fully saturated rings. The van der Waals surface area contributed by atoms with Gasteiger partial charge in [0.1, 0.15) is 5.75 Å². The summed E-state index contributed by atoms with van der Waals surface area (Å²) in [5.41, 5.74) is 3.01. The van der Waals surface area contributed by atoms with Gasteiger partial charge in [-0.15, -0.1) is 0 Å². The minimum absolute atomic E-state index is 0.0285. The minimum Gasteiger partial charge on any atom is -0.506 e. The number of carbonyl (C=O) groups is 1. The molecule has 0 unspecified atom stereocenters. The zero-order valence-electron chi connectivity index (χ0n) is 12.6. The molecule has 0 saturated heterocycles. The van der Waals surface area contributed by atoms with Crippen molar-refractivity contribution in [1.29, 1.82) is 0 Å². The van der Waals surface area contributed by atoms with E-state index in [1.807, 2.05) is 13.8 Å². The number of carbonyl (C=O) groups excluding carboxylic acids is 1. The number of fused-ring (bicyclic) bond motifs is 1. The number of rotatable bonds is 2. The molecule has 0 saturated carbocycles.